The number of nitrogens with one attached hydrogen (secondary N) is 2. The van der Waals surface area contributed by atoms with Gasteiger partial charge in [-0.25, -0.2) is 9.82 Å². The van der Waals surface area contributed by atoms with Gasteiger partial charge in [0, 0.05) is 13.5 Å². The van der Waals surface area contributed by atoms with Crippen LogP contribution in [0.2, 0.25) is 0 Å². The van der Waals surface area contributed by atoms with E-state index in [1.54, 1.807) is 25.2 Å². The highest BCUT2D eigenvalue weighted by molar-refractivity contribution is 5.75. The van der Waals surface area contributed by atoms with Crippen LogP contribution in [0.5, 0.6) is 0 Å². The molecule has 1 aromatic rings. The van der Waals surface area contributed by atoms with Crippen LogP contribution in [0.25, 0.3) is 0 Å². The van der Waals surface area contributed by atoms with Crippen molar-refractivity contribution in [3.63, 3.8) is 0 Å². The van der Waals surface area contributed by atoms with Crippen molar-refractivity contribution in [2.45, 2.75) is 12.8 Å². The van der Waals surface area contributed by atoms with Crippen LogP contribution in [-0.4, -0.2) is 13.0 Å². The van der Waals surface area contributed by atoms with Gasteiger partial charge in [0.2, 0.25) is 5.91 Å². The van der Waals surface area contributed by atoms with Crippen molar-refractivity contribution in [2.75, 3.05) is 7.05 Å². The van der Waals surface area contributed by atoms with Gasteiger partial charge in [-0.2, -0.15) is 0 Å². The predicted molar refractivity (Wildman–Crippen MR) is 51.9 cm³/mol. The lowest BCUT2D eigenvalue weighted by Gasteiger charge is -2.03. The molecule has 0 radical (unpaired) electrons. The Morgan fingerprint density at radius 2 is 2.14 bits per heavy atom. The molecule has 0 heterocycles. The van der Waals surface area contributed by atoms with E-state index in [0.717, 1.165) is 0 Å². The number of hydrogen-bond donors (Lipinski definition) is 2. The molecule has 4 heteroatoms. The Morgan fingerprint density at radius 3 is 2.79 bits per heavy atom. The second-order valence-electron chi connectivity index (χ2n) is 2.89. The number of hydrazine groups is 1. The van der Waals surface area contributed by atoms with E-state index in [9.17, 15) is 9.18 Å². The Kier molecular flexibility index (Phi) is 4.07. The molecule has 0 aromatic heterocycles. The van der Waals surface area contributed by atoms with E-state index in [1.165, 1.54) is 6.07 Å². The molecule has 0 atom stereocenters. The summed E-state index contributed by atoms with van der Waals surface area (Å²) in [5.41, 5.74) is 5.52. The number of rotatable bonds is 4. The molecular weight excluding hydrogens is 183 g/mol. The number of carbonyl (C=O) groups excluding carboxylic acids is 1. The van der Waals surface area contributed by atoms with Crippen LogP contribution < -0.4 is 10.9 Å². The van der Waals surface area contributed by atoms with Gasteiger partial charge >= 0.3 is 0 Å². The van der Waals surface area contributed by atoms with E-state index in [4.69, 9.17) is 0 Å². The lowest BCUT2D eigenvalue weighted by Crippen LogP contribution is -2.34. The highest BCUT2D eigenvalue weighted by Crippen LogP contribution is 2.08. The number of benzene rings is 1. The van der Waals surface area contributed by atoms with Gasteiger partial charge in [-0.1, -0.05) is 18.2 Å². The summed E-state index contributed by atoms with van der Waals surface area (Å²) in [6, 6.07) is 6.47. The molecule has 0 aliphatic carbocycles. The van der Waals surface area contributed by atoms with Crippen LogP contribution >= 0.6 is 0 Å². The number of hydrogen-bond acceptors (Lipinski definition) is 2. The van der Waals surface area contributed by atoms with Crippen molar-refractivity contribution in [3.05, 3.63) is 35.6 Å². The molecule has 0 aliphatic rings. The van der Waals surface area contributed by atoms with Crippen LogP contribution in [-0.2, 0) is 11.2 Å². The van der Waals surface area contributed by atoms with Gasteiger partial charge in [-0.15, -0.1) is 0 Å². The van der Waals surface area contributed by atoms with Crippen molar-refractivity contribution in [1.29, 1.82) is 0 Å². The molecule has 3 nitrogen and oxygen atoms in total. The summed E-state index contributed by atoms with van der Waals surface area (Å²) < 4.78 is 13.1. The molecule has 76 valence electrons. The van der Waals surface area contributed by atoms with E-state index in [2.05, 4.69) is 10.9 Å². The molecule has 1 aromatic carbocycles. The summed E-state index contributed by atoms with van der Waals surface area (Å²) in [5.74, 6) is -0.402. The van der Waals surface area contributed by atoms with E-state index in [-0.39, 0.29) is 18.1 Å². The Balaban J connectivity index is 2.46. The van der Waals surface area contributed by atoms with Crippen LogP contribution in [0.4, 0.5) is 4.39 Å². The van der Waals surface area contributed by atoms with Gasteiger partial charge in [0.25, 0.3) is 0 Å². The first-order valence-corrected chi connectivity index (χ1v) is 4.43. The summed E-state index contributed by atoms with van der Waals surface area (Å²) in [7, 11) is 1.61. The van der Waals surface area contributed by atoms with Crippen LogP contribution in [0, 0.1) is 5.82 Å². The summed E-state index contributed by atoms with van der Waals surface area (Å²) in [6.45, 7) is 0. The monoisotopic (exact) mass is 196 g/mol. The number of carbonyl (C=O) groups is 1. The first kappa shape index (κ1) is 10.7. The standard InChI is InChI=1S/C10H13FN2O/c1-12-13-10(14)7-6-8-4-2-3-5-9(8)11/h2-5,12H,6-7H2,1H3,(H,13,14). The van der Waals surface area contributed by atoms with Crippen molar-refractivity contribution in [1.82, 2.24) is 10.9 Å². The molecule has 0 unspecified atom stereocenters. The minimum Gasteiger partial charge on any atom is -0.292 e. The minimum absolute atomic E-state index is 0.143. The van der Waals surface area contributed by atoms with E-state index < -0.39 is 0 Å². The molecule has 1 amide bonds. The molecular formula is C10H13FN2O. The summed E-state index contributed by atoms with van der Waals surface area (Å²) >= 11 is 0. The zero-order valence-electron chi connectivity index (χ0n) is 8.01. The second-order valence-corrected chi connectivity index (χ2v) is 2.89. The zero-order chi connectivity index (χ0) is 10.4. The van der Waals surface area contributed by atoms with Crippen molar-refractivity contribution in [3.8, 4) is 0 Å². The largest absolute Gasteiger partial charge is 0.292 e. The molecule has 0 aliphatic heterocycles. The van der Waals surface area contributed by atoms with Gasteiger partial charge in [-0.05, 0) is 18.1 Å². The van der Waals surface area contributed by atoms with E-state index in [1.807, 2.05) is 0 Å². The van der Waals surface area contributed by atoms with Gasteiger partial charge in [0.05, 0.1) is 0 Å². The van der Waals surface area contributed by atoms with Gasteiger partial charge < -0.3 is 0 Å². The summed E-state index contributed by atoms with van der Waals surface area (Å²) in [4.78, 5) is 11.0. The third-order valence-electron chi connectivity index (χ3n) is 1.84. The zero-order valence-corrected chi connectivity index (χ0v) is 8.01. The average Bonchev–Trinajstić information content (AvgIpc) is 2.17. The van der Waals surface area contributed by atoms with Crippen LogP contribution in [0.15, 0.2) is 24.3 Å². The quantitative estimate of drug-likeness (QED) is 0.706. The molecule has 0 spiro atoms. The average molecular weight is 196 g/mol. The van der Waals surface area contributed by atoms with Crippen LogP contribution in [0.1, 0.15) is 12.0 Å². The molecule has 14 heavy (non-hydrogen) atoms. The number of amides is 1. The normalized spacial score (nSPS) is 9.86. The smallest absolute Gasteiger partial charge is 0.234 e. The second kappa shape index (κ2) is 5.34. The Morgan fingerprint density at radius 1 is 1.43 bits per heavy atom. The third-order valence-corrected chi connectivity index (χ3v) is 1.84. The number of halogens is 1. The maximum absolute atomic E-state index is 13.1. The van der Waals surface area contributed by atoms with Crippen LogP contribution in [0.3, 0.4) is 0 Å². The molecule has 0 saturated heterocycles. The molecule has 2 N–H and O–H groups in total. The molecule has 0 bridgehead atoms. The maximum Gasteiger partial charge on any atom is 0.234 e. The predicted octanol–water partition coefficient (Wildman–Crippen LogP) is 1.01. The Labute approximate surface area is 82.3 Å². The van der Waals surface area contributed by atoms with Gasteiger partial charge in [-0.3, -0.25) is 10.2 Å². The van der Waals surface area contributed by atoms with Crippen molar-refractivity contribution in [2.24, 2.45) is 0 Å². The summed E-state index contributed by atoms with van der Waals surface area (Å²) in [5, 5.41) is 0. The maximum atomic E-state index is 13.1. The van der Waals surface area contributed by atoms with E-state index >= 15 is 0 Å². The molecule has 1 rings (SSSR count). The first-order valence-electron chi connectivity index (χ1n) is 4.43. The minimum atomic E-state index is -0.259. The first-order chi connectivity index (χ1) is 6.74. The van der Waals surface area contributed by atoms with Crippen molar-refractivity contribution >= 4 is 5.91 Å². The van der Waals surface area contributed by atoms with Gasteiger partial charge in [0.15, 0.2) is 0 Å². The fraction of sp³-hybridized carbons (Fsp3) is 0.300. The Bertz CT molecular complexity index is 315. The van der Waals surface area contributed by atoms with Gasteiger partial charge in [0.1, 0.15) is 5.82 Å². The lowest BCUT2D eigenvalue weighted by molar-refractivity contribution is -0.121. The van der Waals surface area contributed by atoms with Crippen molar-refractivity contribution < 1.29 is 9.18 Å². The summed E-state index contributed by atoms with van der Waals surface area (Å²) in [6.07, 6.45) is 0.696. The fourth-order valence-corrected chi connectivity index (χ4v) is 1.15. The SMILES string of the molecule is CNNC(=O)CCc1ccccc1F. The number of aryl methyl sites for hydroxylation is 1. The molecule has 0 saturated carbocycles. The van der Waals surface area contributed by atoms with E-state index in [0.29, 0.717) is 12.0 Å². The Hall–Kier alpha value is -1.42. The fourth-order valence-electron chi connectivity index (χ4n) is 1.15. The topological polar surface area (TPSA) is 41.1 Å². The molecule has 0 fully saturated rings. The lowest BCUT2D eigenvalue weighted by atomic mass is 10.1. The highest BCUT2D eigenvalue weighted by atomic mass is 19.1. The highest BCUT2D eigenvalue weighted by Gasteiger charge is 2.04. The third kappa shape index (κ3) is 3.14.